The van der Waals surface area contributed by atoms with Crippen molar-refractivity contribution in [2.75, 3.05) is 20.6 Å². The van der Waals surface area contributed by atoms with Crippen LogP contribution >= 0.6 is 0 Å². The van der Waals surface area contributed by atoms with Crippen LogP contribution in [0.4, 0.5) is 0 Å². The van der Waals surface area contributed by atoms with Crippen LogP contribution in [0.2, 0.25) is 0 Å². The van der Waals surface area contributed by atoms with Gasteiger partial charge in [0, 0.05) is 33.0 Å². The van der Waals surface area contributed by atoms with Gasteiger partial charge in [0.15, 0.2) is 0 Å². The summed E-state index contributed by atoms with van der Waals surface area (Å²) in [5, 5.41) is 0. The molecule has 0 bridgehead atoms. The lowest BCUT2D eigenvalue weighted by atomic mass is 9.90. The molecule has 23 heavy (non-hydrogen) atoms. The number of rotatable bonds is 4. The second-order valence-corrected chi connectivity index (χ2v) is 6.16. The average Bonchev–Trinajstić information content (AvgIpc) is 3.00. The van der Waals surface area contributed by atoms with Gasteiger partial charge in [-0.2, -0.15) is 0 Å². The minimum Gasteiger partial charge on any atom is -0.347 e. The normalized spacial score (nSPS) is 21.3. The summed E-state index contributed by atoms with van der Waals surface area (Å²) in [5.41, 5.74) is 1.23. The first-order valence-corrected chi connectivity index (χ1v) is 7.92. The van der Waals surface area contributed by atoms with Crippen molar-refractivity contribution in [2.24, 2.45) is 0 Å². The summed E-state index contributed by atoms with van der Waals surface area (Å²) in [4.78, 5) is 25.7. The van der Waals surface area contributed by atoms with Crippen LogP contribution in [0.5, 0.6) is 0 Å². The molecule has 2 aromatic rings. The minimum atomic E-state index is -0.715. The maximum Gasteiger partial charge on any atom is 0.248 e. The first kappa shape index (κ1) is 15.6. The number of hydrogen-bond acceptors (Lipinski definition) is 4. The van der Waals surface area contributed by atoms with E-state index < -0.39 is 5.54 Å². The predicted octanol–water partition coefficient (Wildman–Crippen LogP) is 2.06. The van der Waals surface area contributed by atoms with Crippen LogP contribution in [-0.4, -0.2) is 46.3 Å². The molecule has 3 rings (SSSR count). The lowest BCUT2D eigenvalue weighted by molar-refractivity contribution is -0.141. The summed E-state index contributed by atoms with van der Waals surface area (Å²) in [6, 6.07) is 10.3. The Hall–Kier alpha value is -2.27. The summed E-state index contributed by atoms with van der Waals surface area (Å²) in [6.45, 7) is 1.61. The summed E-state index contributed by atoms with van der Waals surface area (Å²) >= 11 is 0. The van der Waals surface area contributed by atoms with E-state index in [2.05, 4.69) is 27.0 Å². The topological polar surface area (TPSA) is 49.3 Å². The van der Waals surface area contributed by atoms with Gasteiger partial charge in [0.2, 0.25) is 5.91 Å². The molecule has 1 amide bonds. The zero-order chi connectivity index (χ0) is 16.3. The highest BCUT2D eigenvalue weighted by Crippen LogP contribution is 2.40. The third-order valence-corrected chi connectivity index (χ3v) is 4.47. The summed E-state index contributed by atoms with van der Waals surface area (Å²) in [5.74, 6) is 0.0754. The van der Waals surface area contributed by atoms with E-state index in [0.717, 1.165) is 31.6 Å². The predicted molar refractivity (Wildman–Crippen MR) is 88.5 cm³/mol. The molecule has 1 aliphatic heterocycles. The summed E-state index contributed by atoms with van der Waals surface area (Å²) in [7, 11) is 3.61. The maximum absolute atomic E-state index is 13.1. The van der Waals surface area contributed by atoms with Gasteiger partial charge in [0.1, 0.15) is 5.54 Å². The van der Waals surface area contributed by atoms with Crippen molar-refractivity contribution in [3.05, 3.63) is 60.2 Å². The Balaban J connectivity index is 2.02. The van der Waals surface area contributed by atoms with Crippen molar-refractivity contribution in [2.45, 2.75) is 24.9 Å². The Morgan fingerprint density at radius 2 is 2.04 bits per heavy atom. The van der Waals surface area contributed by atoms with Crippen LogP contribution in [0, 0.1) is 0 Å². The fourth-order valence-electron chi connectivity index (χ4n) is 3.42. The van der Waals surface area contributed by atoms with Gasteiger partial charge in [-0.25, -0.2) is 0 Å². The number of amides is 1. The molecule has 1 atom stereocenters. The molecule has 0 spiro atoms. The molecule has 1 aromatic heterocycles. The van der Waals surface area contributed by atoms with E-state index in [1.165, 1.54) is 5.56 Å². The highest BCUT2D eigenvalue weighted by molar-refractivity contribution is 5.87. The SMILES string of the molecule is CN(C)C(=O)[C@@]1(c2cnccn2)CCCN1Cc1ccccc1. The van der Waals surface area contributed by atoms with Crippen molar-refractivity contribution >= 4 is 5.91 Å². The standard InChI is InChI=1S/C18H22N4O/c1-21(2)17(23)18(16-13-19-10-11-20-16)9-6-12-22(18)14-15-7-4-3-5-8-15/h3-5,7-8,10-11,13H,6,9,12,14H2,1-2H3/t18-/m0/s1. The van der Waals surface area contributed by atoms with Crippen LogP contribution in [0.15, 0.2) is 48.9 Å². The number of benzene rings is 1. The molecule has 1 aromatic carbocycles. The molecular weight excluding hydrogens is 288 g/mol. The number of carbonyl (C=O) groups excluding carboxylic acids is 1. The fourth-order valence-corrected chi connectivity index (χ4v) is 3.42. The second-order valence-electron chi connectivity index (χ2n) is 6.16. The average molecular weight is 310 g/mol. The fraction of sp³-hybridized carbons (Fsp3) is 0.389. The first-order chi connectivity index (χ1) is 11.1. The van der Waals surface area contributed by atoms with Crippen molar-refractivity contribution in [1.82, 2.24) is 19.8 Å². The lowest BCUT2D eigenvalue weighted by Crippen LogP contribution is -2.52. The number of nitrogens with zero attached hydrogens (tertiary/aromatic N) is 4. The van der Waals surface area contributed by atoms with Gasteiger partial charge >= 0.3 is 0 Å². The molecule has 1 aliphatic rings. The Morgan fingerprint density at radius 1 is 1.26 bits per heavy atom. The highest BCUT2D eigenvalue weighted by atomic mass is 16.2. The molecular formula is C18H22N4O. The van der Waals surface area contributed by atoms with Gasteiger partial charge in [0.05, 0.1) is 11.9 Å². The van der Waals surface area contributed by atoms with Crippen LogP contribution in [0.25, 0.3) is 0 Å². The Kier molecular flexibility index (Phi) is 4.39. The van der Waals surface area contributed by atoms with Gasteiger partial charge in [-0.15, -0.1) is 0 Å². The molecule has 0 N–H and O–H groups in total. The first-order valence-electron chi connectivity index (χ1n) is 7.92. The molecule has 1 fully saturated rings. The Bertz CT molecular complexity index is 659. The third-order valence-electron chi connectivity index (χ3n) is 4.47. The number of hydrogen-bond donors (Lipinski definition) is 0. The van der Waals surface area contributed by atoms with E-state index in [1.54, 1.807) is 37.6 Å². The van der Waals surface area contributed by atoms with Crippen LogP contribution < -0.4 is 0 Å². The van der Waals surface area contributed by atoms with E-state index in [9.17, 15) is 4.79 Å². The molecule has 0 radical (unpaired) electrons. The molecule has 0 aliphatic carbocycles. The van der Waals surface area contributed by atoms with E-state index in [4.69, 9.17) is 0 Å². The van der Waals surface area contributed by atoms with Crippen molar-refractivity contribution in [3.8, 4) is 0 Å². The zero-order valence-electron chi connectivity index (χ0n) is 13.6. The van der Waals surface area contributed by atoms with E-state index >= 15 is 0 Å². The smallest absolute Gasteiger partial charge is 0.248 e. The summed E-state index contributed by atoms with van der Waals surface area (Å²) in [6.07, 6.45) is 6.79. The minimum absolute atomic E-state index is 0.0754. The van der Waals surface area contributed by atoms with Crippen LogP contribution in [0.1, 0.15) is 24.1 Å². The second kappa shape index (κ2) is 6.46. The molecule has 120 valence electrons. The molecule has 1 saturated heterocycles. The zero-order valence-corrected chi connectivity index (χ0v) is 13.6. The molecule has 5 heteroatoms. The quantitative estimate of drug-likeness (QED) is 0.867. The van der Waals surface area contributed by atoms with Crippen molar-refractivity contribution < 1.29 is 4.79 Å². The van der Waals surface area contributed by atoms with Gasteiger partial charge in [-0.3, -0.25) is 19.7 Å². The Labute approximate surface area is 137 Å². The van der Waals surface area contributed by atoms with E-state index in [1.807, 2.05) is 18.2 Å². The monoisotopic (exact) mass is 310 g/mol. The van der Waals surface area contributed by atoms with E-state index in [0.29, 0.717) is 0 Å². The van der Waals surface area contributed by atoms with Gasteiger partial charge < -0.3 is 4.90 Å². The van der Waals surface area contributed by atoms with Crippen LogP contribution in [0.3, 0.4) is 0 Å². The number of aromatic nitrogens is 2. The number of carbonyl (C=O) groups is 1. The van der Waals surface area contributed by atoms with Crippen LogP contribution in [-0.2, 0) is 16.9 Å². The molecule has 0 unspecified atom stereocenters. The lowest BCUT2D eigenvalue weighted by Gasteiger charge is -2.38. The molecule has 5 nitrogen and oxygen atoms in total. The third kappa shape index (κ3) is 2.84. The molecule has 0 saturated carbocycles. The highest BCUT2D eigenvalue weighted by Gasteiger charge is 2.50. The number of likely N-dealkylation sites (tertiary alicyclic amines) is 1. The van der Waals surface area contributed by atoms with E-state index in [-0.39, 0.29) is 5.91 Å². The number of likely N-dealkylation sites (N-methyl/N-ethyl adjacent to an activating group) is 1. The van der Waals surface area contributed by atoms with Gasteiger partial charge in [-0.05, 0) is 24.9 Å². The maximum atomic E-state index is 13.1. The Morgan fingerprint density at radius 3 is 2.70 bits per heavy atom. The van der Waals surface area contributed by atoms with Crippen molar-refractivity contribution in [1.29, 1.82) is 0 Å². The molecule has 2 heterocycles. The van der Waals surface area contributed by atoms with Gasteiger partial charge in [-0.1, -0.05) is 30.3 Å². The van der Waals surface area contributed by atoms with Crippen molar-refractivity contribution in [3.63, 3.8) is 0 Å². The summed E-state index contributed by atoms with van der Waals surface area (Å²) < 4.78 is 0. The largest absolute Gasteiger partial charge is 0.347 e. The van der Waals surface area contributed by atoms with Gasteiger partial charge in [0.25, 0.3) is 0 Å².